The van der Waals surface area contributed by atoms with Gasteiger partial charge in [0, 0.05) is 24.2 Å². The zero-order valence-corrected chi connectivity index (χ0v) is 11.5. The number of carbonyl (C=O) groups is 1. The van der Waals surface area contributed by atoms with Crippen LogP contribution in [0.2, 0.25) is 0 Å². The molecule has 2 aromatic heterocycles. The van der Waals surface area contributed by atoms with Crippen LogP contribution in [-0.4, -0.2) is 32.3 Å². The van der Waals surface area contributed by atoms with Crippen molar-refractivity contribution in [2.24, 2.45) is 0 Å². The number of rotatable bonds is 6. The van der Waals surface area contributed by atoms with Crippen LogP contribution in [-0.2, 0) is 17.0 Å². The van der Waals surface area contributed by atoms with E-state index in [1.807, 2.05) is 11.5 Å². The Labute approximate surface area is 114 Å². The zero-order chi connectivity index (χ0) is 13.7. The molecular formula is C11H14N4O3S. The number of ether oxygens (including phenoxy) is 1. The molecule has 8 heteroatoms. The fourth-order valence-corrected chi connectivity index (χ4v) is 2.18. The summed E-state index contributed by atoms with van der Waals surface area (Å²) >= 11 is 1.36. The summed E-state index contributed by atoms with van der Waals surface area (Å²) in [6.07, 6.45) is 3.56. The molecule has 0 spiro atoms. The minimum absolute atomic E-state index is 0.117. The van der Waals surface area contributed by atoms with Crippen molar-refractivity contribution >= 4 is 17.7 Å². The number of imidazole rings is 1. The van der Waals surface area contributed by atoms with Crippen LogP contribution >= 0.6 is 11.8 Å². The number of esters is 1. The molecule has 0 aliphatic heterocycles. The average Bonchev–Trinajstić information content (AvgIpc) is 3.05. The molecule has 19 heavy (non-hydrogen) atoms. The third-order valence-corrected chi connectivity index (χ3v) is 3.19. The van der Waals surface area contributed by atoms with E-state index in [0.29, 0.717) is 11.0 Å². The van der Waals surface area contributed by atoms with Crippen molar-refractivity contribution in [3.8, 4) is 0 Å². The first-order valence-electron chi connectivity index (χ1n) is 5.87. The van der Waals surface area contributed by atoms with E-state index in [9.17, 15) is 4.79 Å². The van der Waals surface area contributed by atoms with Crippen molar-refractivity contribution in [3.05, 3.63) is 24.1 Å². The Bertz CT molecular complexity index is 552. The molecule has 0 aromatic carbocycles. The van der Waals surface area contributed by atoms with Gasteiger partial charge in [-0.05, 0) is 13.8 Å². The molecule has 0 N–H and O–H groups in total. The first-order chi connectivity index (χ1) is 9.24. The molecular weight excluding hydrogens is 268 g/mol. The first kappa shape index (κ1) is 13.6. The number of aromatic nitrogens is 4. The van der Waals surface area contributed by atoms with Crippen LogP contribution in [0.5, 0.6) is 0 Å². The topological polar surface area (TPSA) is 83.0 Å². The van der Waals surface area contributed by atoms with Crippen LogP contribution in [0.25, 0.3) is 0 Å². The van der Waals surface area contributed by atoms with Crippen molar-refractivity contribution in [1.29, 1.82) is 0 Å². The molecule has 102 valence electrons. The predicted molar refractivity (Wildman–Crippen MR) is 67.7 cm³/mol. The number of carbonyl (C=O) groups excluding carboxylic acids is 1. The lowest BCUT2D eigenvalue weighted by Gasteiger charge is -2.02. The Hall–Kier alpha value is -1.83. The van der Waals surface area contributed by atoms with E-state index in [2.05, 4.69) is 15.2 Å². The quantitative estimate of drug-likeness (QED) is 0.589. The monoisotopic (exact) mass is 282 g/mol. The summed E-state index contributed by atoms with van der Waals surface area (Å²) in [6.45, 7) is 4.89. The standard InChI is InChI=1S/C11H14N4O3S/c1-3-15-7-12-5-8(15)6-19-11-14-13-9(18-11)10(16)17-4-2/h5,7H,3-4,6H2,1-2H3. The molecule has 0 saturated heterocycles. The summed E-state index contributed by atoms with van der Waals surface area (Å²) in [5.74, 6) is -0.0630. The summed E-state index contributed by atoms with van der Waals surface area (Å²) < 4.78 is 12.0. The molecule has 2 aromatic rings. The Morgan fingerprint density at radius 3 is 3.05 bits per heavy atom. The van der Waals surface area contributed by atoms with E-state index in [-0.39, 0.29) is 12.5 Å². The minimum Gasteiger partial charge on any atom is -0.459 e. The molecule has 2 rings (SSSR count). The van der Waals surface area contributed by atoms with Crippen LogP contribution < -0.4 is 0 Å². The minimum atomic E-state index is -0.597. The van der Waals surface area contributed by atoms with E-state index in [4.69, 9.17) is 9.15 Å². The highest BCUT2D eigenvalue weighted by atomic mass is 32.2. The van der Waals surface area contributed by atoms with Gasteiger partial charge in [0.05, 0.1) is 12.9 Å². The highest BCUT2D eigenvalue weighted by Gasteiger charge is 2.16. The molecule has 0 aliphatic carbocycles. The third kappa shape index (κ3) is 3.34. The van der Waals surface area contributed by atoms with Gasteiger partial charge in [0.1, 0.15) is 0 Å². The van der Waals surface area contributed by atoms with Crippen LogP contribution in [0.4, 0.5) is 0 Å². The van der Waals surface area contributed by atoms with Crippen molar-refractivity contribution in [1.82, 2.24) is 19.7 Å². The third-order valence-electron chi connectivity index (χ3n) is 2.34. The largest absolute Gasteiger partial charge is 0.459 e. The van der Waals surface area contributed by atoms with Gasteiger partial charge in [-0.15, -0.1) is 5.10 Å². The summed E-state index contributed by atoms with van der Waals surface area (Å²) in [4.78, 5) is 15.4. The smallest absolute Gasteiger partial charge is 0.396 e. The van der Waals surface area contributed by atoms with Gasteiger partial charge in [-0.3, -0.25) is 0 Å². The van der Waals surface area contributed by atoms with Crippen LogP contribution in [0.15, 0.2) is 22.2 Å². The van der Waals surface area contributed by atoms with Crippen molar-refractivity contribution in [2.75, 3.05) is 6.61 Å². The van der Waals surface area contributed by atoms with Gasteiger partial charge in [0.25, 0.3) is 5.22 Å². The molecule has 0 bridgehead atoms. The lowest BCUT2D eigenvalue weighted by molar-refractivity contribution is 0.0475. The number of nitrogens with zero attached hydrogens (tertiary/aromatic N) is 4. The van der Waals surface area contributed by atoms with E-state index in [0.717, 1.165) is 12.2 Å². The normalized spacial score (nSPS) is 10.6. The van der Waals surface area contributed by atoms with Crippen LogP contribution in [0.3, 0.4) is 0 Å². The van der Waals surface area contributed by atoms with E-state index in [1.165, 1.54) is 11.8 Å². The fraction of sp³-hybridized carbons (Fsp3) is 0.455. The zero-order valence-electron chi connectivity index (χ0n) is 10.7. The highest BCUT2D eigenvalue weighted by Crippen LogP contribution is 2.21. The lowest BCUT2D eigenvalue weighted by Crippen LogP contribution is -2.04. The van der Waals surface area contributed by atoms with Gasteiger partial charge < -0.3 is 13.7 Å². The second kappa shape index (κ2) is 6.37. The summed E-state index contributed by atoms with van der Waals surface area (Å²) in [6, 6.07) is 0. The van der Waals surface area contributed by atoms with Crippen molar-refractivity contribution in [2.45, 2.75) is 31.4 Å². The van der Waals surface area contributed by atoms with E-state index < -0.39 is 5.97 Å². The molecule has 0 radical (unpaired) electrons. The van der Waals surface area contributed by atoms with Gasteiger partial charge in [0.15, 0.2) is 0 Å². The van der Waals surface area contributed by atoms with Gasteiger partial charge in [-0.2, -0.15) is 0 Å². The SMILES string of the molecule is CCOC(=O)c1nnc(SCc2cncn2CC)o1. The molecule has 7 nitrogen and oxygen atoms in total. The highest BCUT2D eigenvalue weighted by molar-refractivity contribution is 7.98. The van der Waals surface area contributed by atoms with Crippen molar-refractivity contribution < 1.29 is 13.9 Å². The molecule has 0 atom stereocenters. The lowest BCUT2D eigenvalue weighted by atomic mass is 10.5. The summed E-state index contributed by atoms with van der Waals surface area (Å²) in [5.41, 5.74) is 1.06. The summed E-state index contributed by atoms with van der Waals surface area (Å²) in [7, 11) is 0. The van der Waals surface area contributed by atoms with Crippen LogP contribution in [0.1, 0.15) is 30.2 Å². The van der Waals surface area contributed by atoms with E-state index >= 15 is 0 Å². The Kier molecular flexibility index (Phi) is 4.56. The Morgan fingerprint density at radius 2 is 2.32 bits per heavy atom. The molecule has 0 unspecified atom stereocenters. The molecule has 0 saturated carbocycles. The Balaban J connectivity index is 1.95. The molecule has 0 fully saturated rings. The average molecular weight is 282 g/mol. The van der Waals surface area contributed by atoms with Gasteiger partial charge in [-0.1, -0.05) is 16.9 Å². The van der Waals surface area contributed by atoms with Gasteiger partial charge in [-0.25, -0.2) is 9.78 Å². The maximum Gasteiger partial charge on any atom is 0.396 e. The molecule has 2 heterocycles. The van der Waals surface area contributed by atoms with Gasteiger partial charge >= 0.3 is 11.9 Å². The summed E-state index contributed by atoms with van der Waals surface area (Å²) in [5, 5.41) is 7.77. The maximum absolute atomic E-state index is 11.3. The van der Waals surface area contributed by atoms with Crippen molar-refractivity contribution in [3.63, 3.8) is 0 Å². The van der Waals surface area contributed by atoms with E-state index in [1.54, 1.807) is 19.4 Å². The van der Waals surface area contributed by atoms with Gasteiger partial charge in [0.2, 0.25) is 0 Å². The fourth-order valence-electron chi connectivity index (χ4n) is 1.43. The Morgan fingerprint density at radius 1 is 1.47 bits per heavy atom. The molecule has 0 aliphatic rings. The second-order valence-corrected chi connectivity index (χ2v) is 4.48. The maximum atomic E-state index is 11.3. The number of hydrogen-bond acceptors (Lipinski definition) is 7. The number of hydrogen-bond donors (Lipinski definition) is 0. The van der Waals surface area contributed by atoms with Crippen LogP contribution in [0, 0.1) is 0 Å². The molecule has 0 amide bonds. The second-order valence-electron chi connectivity index (χ2n) is 3.55. The number of thioether (sulfide) groups is 1. The number of aryl methyl sites for hydroxylation is 1. The first-order valence-corrected chi connectivity index (χ1v) is 6.85. The predicted octanol–water partition coefficient (Wildman–Crippen LogP) is 1.75.